The second-order valence-electron chi connectivity index (χ2n) is 5.28. The number of aryl methyl sites for hydroxylation is 1. The molecule has 3 N–H and O–H groups in total. The average molecular weight is 234 g/mol. The summed E-state index contributed by atoms with van der Waals surface area (Å²) in [5.74, 6) is 0.809. The zero-order chi connectivity index (χ0) is 12.5. The lowest BCUT2D eigenvalue weighted by molar-refractivity contribution is 0.0738. The number of likely N-dealkylation sites (N-methyl/N-ethyl adjacent to an activating group) is 1. The van der Waals surface area contributed by atoms with Crippen LogP contribution in [0.3, 0.4) is 0 Å². The third-order valence-electron chi connectivity index (χ3n) is 3.87. The van der Waals surface area contributed by atoms with E-state index in [4.69, 9.17) is 5.73 Å². The fraction of sp³-hybridized carbons (Fsp3) is 0.615. The van der Waals surface area contributed by atoms with Gasteiger partial charge in [-0.2, -0.15) is 0 Å². The molecule has 4 heteroatoms. The molecule has 0 aromatic carbocycles. The van der Waals surface area contributed by atoms with E-state index < -0.39 is 0 Å². The largest absolute Gasteiger partial charge is 0.396 e. The van der Waals surface area contributed by atoms with Gasteiger partial charge in [-0.1, -0.05) is 0 Å². The van der Waals surface area contributed by atoms with Crippen LogP contribution in [0.4, 0.5) is 11.5 Å². The van der Waals surface area contributed by atoms with E-state index in [9.17, 15) is 0 Å². The Hall–Kier alpha value is -1.29. The van der Waals surface area contributed by atoms with Crippen molar-refractivity contribution in [2.24, 2.45) is 0 Å². The summed E-state index contributed by atoms with van der Waals surface area (Å²) in [4.78, 5) is 6.66. The average Bonchev–Trinajstić information content (AvgIpc) is 2.18. The summed E-state index contributed by atoms with van der Waals surface area (Å²) in [6.07, 6.45) is 5.66. The van der Waals surface area contributed by atoms with Gasteiger partial charge in [-0.05, 0) is 51.9 Å². The summed E-state index contributed by atoms with van der Waals surface area (Å²) in [6, 6.07) is 1.96. The fourth-order valence-electron chi connectivity index (χ4n) is 2.35. The Morgan fingerprint density at radius 3 is 2.65 bits per heavy atom. The monoisotopic (exact) mass is 234 g/mol. The molecular weight excluding hydrogens is 212 g/mol. The Balaban J connectivity index is 2.02. The zero-order valence-corrected chi connectivity index (χ0v) is 11.0. The summed E-state index contributed by atoms with van der Waals surface area (Å²) in [7, 11) is 4.29. The van der Waals surface area contributed by atoms with E-state index in [1.54, 1.807) is 0 Å². The van der Waals surface area contributed by atoms with E-state index in [0.29, 0.717) is 5.54 Å². The van der Waals surface area contributed by atoms with Gasteiger partial charge in [0.1, 0.15) is 5.82 Å². The normalized spacial score (nSPS) is 17.9. The molecule has 4 nitrogen and oxygen atoms in total. The van der Waals surface area contributed by atoms with Crippen LogP contribution in [-0.4, -0.2) is 36.1 Å². The maximum absolute atomic E-state index is 5.95. The van der Waals surface area contributed by atoms with Crippen molar-refractivity contribution < 1.29 is 0 Å². The first-order valence-corrected chi connectivity index (χ1v) is 6.17. The van der Waals surface area contributed by atoms with E-state index in [2.05, 4.69) is 29.3 Å². The number of nitrogens with two attached hydrogens (primary N) is 1. The van der Waals surface area contributed by atoms with E-state index in [0.717, 1.165) is 23.6 Å². The number of rotatable bonds is 4. The van der Waals surface area contributed by atoms with E-state index in [1.807, 2.05) is 19.2 Å². The van der Waals surface area contributed by atoms with Crippen LogP contribution < -0.4 is 11.1 Å². The number of nitrogens with zero attached hydrogens (tertiary/aromatic N) is 2. The third-order valence-corrected chi connectivity index (χ3v) is 3.87. The minimum atomic E-state index is 0.291. The summed E-state index contributed by atoms with van der Waals surface area (Å²) in [5.41, 5.74) is 8.07. The number of hydrogen-bond acceptors (Lipinski definition) is 4. The van der Waals surface area contributed by atoms with Crippen molar-refractivity contribution in [3.8, 4) is 0 Å². The second-order valence-corrected chi connectivity index (χ2v) is 5.28. The molecule has 1 fully saturated rings. The van der Waals surface area contributed by atoms with Gasteiger partial charge >= 0.3 is 0 Å². The van der Waals surface area contributed by atoms with Crippen molar-refractivity contribution >= 4 is 11.5 Å². The van der Waals surface area contributed by atoms with Crippen molar-refractivity contribution in [2.75, 3.05) is 31.7 Å². The minimum Gasteiger partial charge on any atom is -0.396 e. The summed E-state index contributed by atoms with van der Waals surface area (Å²) in [6.45, 7) is 2.92. The molecule has 0 amide bonds. The predicted octanol–water partition coefficient (Wildman–Crippen LogP) is 1.87. The van der Waals surface area contributed by atoms with Gasteiger partial charge in [-0.3, -0.25) is 0 Å². The molecule has 17 heavy (non-hydrogen) atoms. The van der Waals surface area contributed by atoms with E-state index >= 15 is 0 Å². The maximum atomic E-state index is 5.95. The topological polar surface area (TPSA) is 54.2 Å². The van der Waals surface area contributed by atoms with Gasteiger partial charge in [0.15, 0.2) is 0 Å². The number of hydrogen-bond donors (Lipinski definition) is 2. The lowest BCUT2D eigenvalue weighted by atomic mass is 9.75. The number of nitrogen functional groups attached to an aromatic ring is 1. The number of anilines is 2. The lowest BCUT2D eigenvalue weighted by Crippen LogP contribution is -2.54. The maximum Gasteiger partial charge on any atom is 0.149 e. The van der Waals surface area contributed by atoms with Gasteiger partial charge in [-0.25, -0.2) is 4.98 Å². The first-order chi connectivity index (χ1) is 8.03. The molecule has 1 aliphatic rings. The van der Waals surface area contributed by atoms with Crippen LogP contribution in [0.2, 0.25) is 0 Å². The molecule has 1 saturated carbocycles. The number of nitrogens with one attached hydrogen (secondary N) is 1. The third kappa shape index (κ3) is 2.36. The Morgan fingerprint density at radius 1 is 1.47 bits per heavy atom. The van der Waals surface area contributed by atoms with Crippen LogP contribution in [0.15, 0.2) is 12.3 Å². The first-order valence-electron chi connectivity index (χ1n) is 6.17. The predicted molar refractivity (Wildman–Crippen MR) is 72.1 cm³/mol. The van der Waals surface area contributed by atoms with E-state index in [-0.39, 0.29) is 0 Å². The van der Waals surface area contributed by atoms with Crippen LogP contribution in [0.5, 0.6) is 0 Å². The molecule has 2 rings (SSSR count). The minimum absolute atomic E-state index is 0.291. The smallest absolute Gasteiger partial charge is 0.149 e. The first kappa shape index (κ1) is 12.2. The fourth-order valence-corrected chi connectivity index (χ4v) is 2.35. The van der Waals surface area contributed by atoms with Crippen molar-refractivity contribution in [2.45, 2.75) is 31.7 Å². The molecule has 94 valence electrons. The number of pyridine rings is 1. The highest BCUT2D eigenvalue weighted by Gasteiger charge is 2.38. The van der Waals surface area contributed by atoms with Gasteiger partial charge in [0.25, 0.3) is 0 Å². The van der Waals surface area contributed by atoms with Crippen molar-refractivity contribution in [3.63, 3.8) is 0 Å². The molecule has 1 aromatic rings. The molecule has 1 aliphatic carbocycles. The molecule has 0 spiro atoms. The second kappa shape index (κ2) is 4.53. The molecule has 1 heterocycles. The molecule has 0 aliphatic heterocycles. The molecule has 0 unspecified atom stereocenters. The Morgan fingerprint density at radius 2 is 2.18 bits per heavy atom. The lowest BCUT2D eigenvalue weighted by Gasteiger charge is -2.47. The van der Waals surface area contributed by atoms with Gasteiger partial charge in [0.05, 0.1) is 5.69 Å². The SMILES string of the molecule is Cc1cnc(NCC2(N(C)C)CCC2)c(N)c1. The van der Waals surface area contributed by atoms with Crippen molar-refractivity contribution in [1.29, 1.82) is 0 Å². The standard InChI is InChI=1S/C13H22N4/c1-10-7-11(14)12(15-8-10)16-9-13(17(2)3)5-4-6-13/h7-8H,4-6,9,14H2,1-3H3,(H,15,16). The highest BCUT2D eigenvalue weighted by Crippen LogP contribution is 2.36. The summed E-state index contributed by atoms with van der Waals surface area (Å²) < 4.78 is 0. The zero-order valence-electron chi connectivity index (χ0n) is 11.0. The summed E-state index contributed by atoms with van der Waals surface area (Å²) in [5, 5.41) is 3.39. The van der Waals surface area contributed by atoms with Gasteiger partial charge in [0.2, 0.25) is 0 Å². The van der Waals surface area contributed by atoms with Crippen LogP contribution in [-0.2, 0) is 0 Å². The Kier molecular flexibility index (Phi) is 3.24. The summed E-state index contributed by atoms with van der Waals surface area (Å²) >= 11 is 0. The molecule has 0 saturated heterocycles. The van der Waals surface area contributed by atoms with Gasteiger partial charge in [-0.15, -0.1) is 0 Å². The molecule has 1 aromatic heterocycles. The quantitative estimate of drug-likeness (QED) is 0.835. The highest BCUT2D eigenvalue weighted by molar-refractivity contribution is 5.61. The van der Waals surface area contributed by atoms with Crippen molar-refractivity contribution in [3.05, 3.63) is 17.8 Å². The number of aromatic nitrogens is 1. The van der Waals surface area contributed by atoms with Gasteiger partial charge in [0, 0.05) is 18.3 Å². The van der Waals surface area contributed by atoms with Crippen LogP contribution in [0, 0.1) is 6.92 Å². The van der Waals surface area contributed by atoms with Crippen LogP contribution >= 0.6 is 0 Å². The van der Waals surface area contributed by atoms with E-state index in [1.165, 1.54) is 19.3 Å². The van der Waals surface area contributed by atoms with Crippen LogP contribution in [0.1, 0.15) is 24.8 Å². The molecule has 0 atom stereocenters. The molecular formula is C13H22N4. The van der Waals surface area contributed by atoms with Crippen molar-refractivity contribution in [1.82, 2.24) is 9.88 Å². The van der Waals surface area contributed by atoms with Crippen LogP contribution in [0.25, 0.3) is 0 Å². The highest BCUT2D eigenvalue weighted by atomic mass is 15.2. The molecule has 0 bridgehead atoms. The molecule has 0 radical (unpaired) electrons. The Bertz CT molecular complexity index is 396. The van der Waals surface area contributed by atoms with Gasteiger partial charge < -0.3 is 16.0 Å². The Labute approximate surface area is 103 Å².